The highest BCUT2D eigenvalue weighted by molar-refractivity contribution is 5.24. The molecule has 0 saturated heterocycles. The largest absolute Gasteiger partial charge is 0.468 e. The number of nitrogens with one attached hydrogen (secondary N) is 1. The van der Waals surface area contributed by atoms with E-state index in [1.54, 1.807) is 6.26 Å². The molecule has 0 aliphatic rings. The smallest absolute Gasteiger partial charge is 0.120 e. The quantitative estimate of drug-likeness (QED) is 0.857. The maximum atomic E-state index is 5.39. The molecule has 2 rings (SSSR count). The van der Waals surface area contributed by atoms with Crippen LogP contribution in [-0.4, -0.2) is 0 Å². The van der Waals surface area contributed by atoms with Crippen LogP contribution in [0.25, 0.3) is 0 Å². The summed E-state index contributed by atoms with van der Waals surface area (Å²) < 4.78 is 5.39. The third kappa shape index (κ3) is 2.98. The van der Waals surface area contributed by atoms with Crippen molar-refractivity contribution < 1.29 is 4.42 Å². The van der Waals surface area contributed by atoms with Crippen molar-refractivity contribution in [1.82, 2.24) is 5.32 Å². The summed E-state index contributed by atoms with van der Waals surface area (Å²) in [6, 6.07) is 13.1. The average molecular weight is 229 g/mol. The lowest BCUT2D eigenvalue weighted by Gasteiger charge is -2.19. The molecule has 2 nitrogen and oxygen atoms in total. The first-order valence-electron chi connectivity index (χ1n) is 6.03. The van der Waals surface area contributed by atoms with Gasteiger partial charge in [-0.25, -0.2) is 0 Å². The Morgan fingerprint density at radius 2 is 1.71 bits per heavy atom. The molecule has 0 radical (unpaired) electrons. The lowest BCUT2D eigenvalue weighted by Crippen LogP contribution is -2.22. The summed E-state index contributed by atoms with van der Waals surface area (Å²) in [5, 5.41) is 3.52. The van der Waals surface area contributed by atoms with E-state index in [2.05, 4.69) is 50.4 Å². The van der Waals surface area contributed by atoms with Crippen LogP contribution in [0, 0.1) is 6.92 Å². The summed E-state index contributed by atoms with van der Waals surface area (Å²) in [6.45, 7) is 6.39. The molecule has 0 amide bonds. The normalized spacial score (nSPS) is 14.5. The minimum Gasteiger partial charge on any atom is -0.468 e. The summed E-state index contributed by atoms with van der Waals surface area (Å²) in [6.07, 6.45) is 1.71. The van der Waals surface area contributed by atoms with Crippen molar-refractivity contribution in [3.63, 3.8) is 0 Å². The third-order valence-corrected chi connectivity index (χ3v) is 3.05. The predicted octanol–water partition coefficient (Wildman–Crippen LogP) is 4.00. The molecule has 1 N–H and O–H groups in total. The molecule has 0 aliphatic heterocycles. The van der Waals surface area contributed by atoms with Crippen molar-refractivity contribution >= 4 is 0 Å². The molecule has 1 heterocycles. The minimum atomic E-state index is 0.223. The highest BCUT2D eigenvalue weighted by Crippen LogP contribution is 2.19. The first-order valence-corrected chi connectivity index (χ1v) is 6.03. The van der Waals surface area contributed by atoms with E-state index in [0.717, 1.165) is 5.76 Å². The number of hydrogen-bond acceptors (Lipinski definition) is 2. The van der Waals surface area contributed by atoms with Crippen molar-refractivity contribution in [2.75, 3.05) is 0 Å². The van der Waals surface area contributed by atoms with E-state index in [0.29, 0.717) is 6.04 Å². The van der Waals surface area contributed by atoms with Gasteiger partial charge in [-0.1, -0.05) is 29.8 Å². The summed E-state index contributed by atoms with van der Waals surface area (Å²) in [7, 11) is 0. The van der Waals surface area contributed by atoms with E-state index < -0.39 is 0 Å². The Kier molecular flexibility index (Phi) is 3.64. The molecule has 2 aromatic rings. The van der Waals surface area contributed by atoms with Gasteiger partial charge in [0, 0.05) is 6.04 Å². The fourth-order valence-electron chi connectivity index (χ4n) is 1.95. The fraction of sp³-hybridized carbons (Fsp3) is 0.333. The predicted molar refractivity (Wildman–Crippen MR) is 69.9 cm³/mol. The van der Waals surface area contributed by atoms with Gasteiger partial charge in [-0.3, -0.25) is 0 Å². The monoisotopic (exact) mass is 229 g/mol. The summed E-state index contributed by atoms with van der Waals surface area (Å²) in [4.78, 5) is 0. The second kappa shape index (κ2) is 5.19. The van der Waals surface area contributed by atoms with Gasteiger partial charge in [-0.2, -0.15) is 0 Å². The van der Waals surface area contributed by atoms with Gasteiger partial charge < -0.3 is 9.73 Å². The maximum absolute atomic E-state index is 5.39. The van der Waals surface area contributed by atoms with Crippen molar-refractivity contribution in [2.24, 2.45) is 0 Å². The number of furan rings is 1. The second-order valence-corrected chi connectivity index (χ2v) is 4.54. The third-order valence-electron chi connectivity index (χ3n) is 3.05. The Morgan fingerprint density at radius 3 is 2.29 bits per heavy atom. The van der Waals surface area contributed by atoms with Gasteiger partial charge in [0.2, 0.25) is 0 Å². The molecule has 0 aliphatic carbocycles. The molecule has 0 bridgehead atoms. The number of benzene rings is 1. The standard InChI is InChI=1S/C15H19NO/c1-11-6-8-14(9-7-11)12(2)16-13(3)15-5-4-10-17-15/h4-10,12-13,16H,1-3H3/t12?,13-/m1/s1. The molecule has 0 spiro atoms. The Bertz CT molecular complexity index is 444. The zero-order chi connectivity index (χ0) is 12.3. The van der Waals surface area contributed by atoms with Gasteiger partial charge in [0.25, 0.3) is 0 Å². The van der Waals surface area contributed by atoms with Crippen LogP contribution in [0.2, 0.25) is 0 Å². The SMILES string of the molecule is Cc1ccc(C(C)N[C@H](C)c2ccco2)cc1. The van der Waals surface area contributed by atoms with Crippen LogP contribution in [0.4, 0.5) is 0 Å². The number of aryl methyl sites for hydroxylation is 1. The zero-order valence-corrected chi connectivity index (χ0v) is 10.6. The highest BCUT2D eigenvalue weighted by Gasteiger charge is 2.12. The second-order valence-electron chi connectivity index (χ2n) is 4.54. The molecule has 0 fully saturated rings. The van der Waals surface area contributed by atoms with Crippen LogP contribution in [0.3, 0.4) is 0 Å². The Balaban J connectivity index is 2.01. The van der Waals surface area contributed by atoms with Crippen LogP contribution >= 0.6 is 0 Å². The molecule has 1 aromatic carbocycles. The first-order chi connectivity index (χ1) is 8.16. The van der Waals surface area contributed by atoms with Gasteiger partial charge >= 0.3 is 0 Å². The molecular weight excluding hydrogens is 210 g/mol. The van der Waals surface area contributed by atoms with Gasteiger partial charge in [-0.05, 0) is 38.5 Å². The van der Waals surface area contributed by atoms with E-state index >= 15 is 0 Å². The van der Waals surface area contributed by atoms with Gasteiger partial charge in [-0.15, -0.1) is 0 Å². The molecule has 17 heavy (non-hydrogen) atoms. The van der Waals surface area contributed by atoms with E-state index in [9.17, 15) is 0 Å². The van der Waals surface area contributed by atoms with Crippen LogP contribution in [0.5, 0.6) is 0 Å². The number of hydrogen-bond donors (Lipinski definition) is 1. The van der Waals surface area contributed by atoms with E-state index in [-0.39, 0.29) is 6.04 Å². The van der Waals surface area contributed by atoms with Crippen LogP contribution in [0.15, 0.2) is 47.1 Å². The van der Waals surface area contributed by atoms with Crippen molar-refractivity contribution in [1.29, 1.82) is 0 Å². The van der Waals surface area contributed by atoms with Crippen LogP contribution in [0.1, 0.15) is 42.8 Å². The van der Waals surface area contributed by atoms with Crippen molar-refractivity contribution in [3.8, 4) is 0 Å². The van der Waals surface area contributed by atoms with Crippen LogP contribution < -0.4 is 5.32 Å². The molecule has 90 valence electrons. The molecular formula is C15H19NO. The van der Waals surface area contributed by atoms with E-state index in [4.69, 9.17) is 4.42 Å². The van der Waals surface area contributed by atoms with Gasteiger partial charge in [0.15, 0.2) is 0 Å². The van der Waals surface area contributed by atoms with Crippen LogP contribution in [-0.2, 0) is 0 Å². The van der Waals surface area contributed by atoms with Gasteiger partial charge in [0.1, 0.15) is 5.76 Å². The minimum absolute atomic E-state index is 0.223. The topological polar surface area (TPSA) is 25.2 Å². The zero-order valence-electron chi connectivity index (χ0n) is 10.6. The lowest BCUT2D eigenvalue weighted by atomic mass is 10.1. The fourth-order valence-corrected chi connectivity index (χ4v) is 1.95. The Morgan fingerprint density at radius 1 is 1.00 bits per heavy atom. The lowest BCUT2D eigenvalue weighted by molar-refractivity contribution is 0.403. The maximum Gasteiger partial charge on any atom is 0.120 e. The molecule has 2 atom stereocenters. The molecule has 1 unspecified atom stereocenters. The number of rotatable bonds is 4. The van der Waals surface area contributed by atoms with Crippen molar-refractivity contribution in [3.05, 3.63) is 59.5 Å². The van der Waals surface area contributed by atoms with Gasteiger partial charge in [0.05, 0.1) is 12.3 Å². The summed E-state index contributed by atoms with van der Waals surface area (Å²) >= 11 is 0. The molecule has 2 heteroatoms. The Labute approximate surface area is 103 Å². The summed E-state index contributed by atoms with van der Waals surface area (Å²) in [5.41, 5.74) is 2.59. The van der Waals surface area contributed by atoms with Crippen molar-refractivity contribution in [2.45, 2.75) is 32.9 Å². The summed E-state index contributed by atoms with van der Waals surface area (Å²) in [5.74, 6) is 0.976. The van der Waals surface area contributed by atoms with E-state index in [1.807, 2.05) is 12.1 Å². The molecule has 1 aromatic heterocycles. The Hall–Kier alpha value is -1.54. The highest BCUT2D eigenvalue weighted by atomic mass is 16.3. The average Bonchev–Trinajstić information content (AvgIpc) is 2.83. The van der Waals surface area contributed by atoms with E-state index in [1.165, 1.54) is 11.1 Å². The molecule has 0 saturated carbocycles. The first kappa shape index (κ1) is 11.9.